The van der Waals surface area contributed by atoms with Crippen molar-refractivity contribution >= 4 is 0 Å². The molecule has 0 spiro atoms. The zero-order valence-electron chi connectivity index (χ0n) is 12.1. The second-order valence-corrected chi connectivity index (χ2v) is 5.74. The molecule has 0 radical (unpaired) electrons. The van der Waals surface area contributed by atoms with Crippen LogP contribution >= 0.6 is 0 Å². The number of aryl methyl sites for hydroxylation is 1. The highest BCUT2D eigenvalue weighted by atomic mass is 15.0. The van der Waals surface area contributed by atoms with Gasteiger partial charge < -0.3 is 5.32 Å². The van der Waals surface area contributed by atoms with Gasteiger partial charge in [-0.2, -0.15) is 0 Å². The second-order valence-electron chi connectivity index (χ2n) is 5.74. The van der Waals surface area contributed by atoms with Crippen LogP contribution in [0.25, 0.3) is 0 Å². The van der Waals surface area contributed by atoms with Crippen LogP contribution in [0.3, 0.4) is 0 Å². The number of hydrogen-bond acceptors (Lipinski definition) is 1. The van der Waals surface area contributed by atoms with Crippen molar-refractivity contribution in [3.63, 3.8) is 0 Å². The molecule has 1 nitrogen and oxygen atoms in total. The van der Waals surface area contributed by atoms with Crippen molar-refractivity contribution in [1.29, 1.82) is 0 Å². The Hall–Kier alpha value is -0.820. The molecule has 2 rings (SSSR count). The molecular weight excluding hydrogens is 218 g/mol. The van der Waals surface area contributed by atoms with E-state index in [1.165, 1.54) is 36.8 Å². The third-order valence-corrected chi connectivity index (χ3v) is 4.48. The molecule has 0 aromatic heterocycles. The van der Waals surface area contributed by atoms with Gasteiger partial charge in [-0.05, 0) is 42.7 Å². The summed E-state index contributed by atoms with van der Waals surface area (Å²) in [6, 6.07) is 10.4. The molecule has 0 aliphatic heterocycles. The van der Waals surface area contributed by atoms with Crippen LogP contribution in [0, 0.1) is 5.92 Å². The van der Waals surface area contributed by atoms with Crippen molar-refractivity contribution in [3.8, 4) is 0 Å². The maximum atomic E-state index is 3.87. The van der Waals surface area contributed by atoms with Gasteiger partial charge >= 0.3 is 0 Å². The van der Waals surface area contributed by atoms with Gasteiger partial charge in [0.05, 0.1) is 0 Å². The summed E-state index contributed by atoms with van der Waals surface area (Å²) in [7, 11) is 0. The molecule has 1 aromatic carbocycles. The SMILES string of the molecule is CCc1ccc(C(CC)NC2CCCC2C)cc1. The normalized spacial score (nSPS) is 25.3. The van der Waals surface area contributed by atoms with Crippen molar-refractivity contribution < 1.29 is 0 Å². The van der Waals surface area contributed by atoms with Crippen molar-refractivity contribution in [2.24, 2.45) is 5.92 Å². The molecule has 1 aromatic rings. The van der Waals surface area contributed by atoms with E-state index in [-0.39, 0.29) is 0 Å². The monoisotopic (exact) mass is 245 g/mol. The smallest absolute Gasteiger partial charge is 0.0320 e. The van der Waals surface area contributed by atoms with Crippen LogP contribution in [0.5, 0.6) is 0 Å². The largest absolute Gasteiger partial charge is 0.307 e. The average Bonchev–Trinajstić information content (AvgIpc) is 2.81. The maximum absolute atomic E-state index is 3.87. The van der Waals surface area contributed by atoms with Crippen LogP contribution < -0.4 is 5.32 Å². The van der Waals surface area contributed by atoms with Gasteiger partial charge in [-0.25, -0.2) is 0 Å². The molecule has 0 heterocycles. The molecule has 1 aliphatic carbocycles. The molecular formula is C17H27N. The topological polar surface area (TPSA) is 12.0 Å². The molecule has 0 amide bonds. The summed E-state index contributed by atoms with van der Waals surface area (Å²) in [5.41, 5.74) is 2.89. The predicted molar refractivity (Wildman–Crippen MR) is 78.8 cm³/mol. The van der Waals surface area contributed by atoms with E-state index in [4.69, 9.17) is 0 Å². The number of rotatable bonds is 5. The Kier molecular flexibility index (Phi) is 4.82. The van der Waals surface area contributed by atoms with Crippen LogP contribution in [0.2, 0.25) is 0 Å². The minimum absolute atomic E-state index is 0.529. The number of nitrogens with one attached hydrogen (secondary N) is 1. The first-order valence-corrected chi connectivity index (χ1v) is 7.59. The molecule has 0 bridgehead atoms. The van der Waals surface area contributed by atoms with E-state index in [9.17, 15) is 0 Å². The Labute approximate surface area is 112 Å². The third-order valence-electron chi connectivity index (χ3n) is 4.48. The quantitative estimate of drug-likeness (QED) is 0.806. The Bertz CT molecular complexity index is 354. The maximum Gasteiger partial charge on any atom is 0.0320 e. The van der Waals surface area contributed by atoms with E-state index in [2.05, 4.69) is 50.4 Å². The molecule has 1 heteroatoms. The van der Waals surface area contributed by atoms with Crippen molar-refractivity contribution in [3.05, 3.63) is 35.4 Å². The highest BCUT2D eigenvalue weighted by molar-refractivity contribution is 5.25. The fraction of sp³-hybridized carbons (Fsp3) is 0.647. The first kappa shape index (κ1) is 13.6. The van der Waals surface area contributed by atoms with E-state index in [0.29, 0.717) is 6.04 Å². The number of hydrogen-bond donors (Lipinski definition) is 1. The lowest BCUT2D eigenvalue weighted by molar-refractivity contribution is 0.370. The highest BCUT2D eigenvalue weighted by Gasteiger charge is 2.25. The second kappa shape index (κ2) is 6.38. The van der Waals surface area contributed by atoms with Crippen LogP contribution in [0.15, 0.2) is 24.3 Å². The fourth-order valence-corrected chi connectivity index (χ4v) is 3.09. The first-order chi connectivity index (χ1) is 8.74. The number of benzene rings is 1. The molecule has 1 N–H and O–H groups in total. The molecule has 100 valence electrons. The van der Waals surface area contributed by atoms with E-state index >= 15 is 0 Å². The lowest BCUT2D eigenvalue weighted by Gasteiger charge is -2.25. The lowest BCUT2D eigenvalue weighted by Crippen LogP contribution is -2.34. The predicted octanol–water partition coefficient (Wildman–Crippen LogP) is 4.48. The lowest BCUT2D eigenvalue weighted by atomic mass is 9.99. The summed E-state index contributed by atoms with van der Waals surface area (Å²) in [6.45, 7) is 6.88. The summed E-state index contributed by atoms with van der Waals surface area (Å²) in [6.07, 6.45) is 6.44. The van der Waals surface area contributed by atoms with Gasteiger partial charge in [-0.15, -0.1) is 0 Å². The summed E-state index contributed by atoms with van der Waals surface area (Å²) in [5.74, 6) is 0.842. The Morgan fingerprint density at radius 2 is 1.89 bits per heavy atom. The van der Waals surface area contributed by atoms with Crippen molar-refractivity contribution in [2.75, 3.05) is 0 Å². The van der Waals surface area contributed by atoms with Crippen LogP contribution in [0.1, 0.15) is 63.6 Å². The van der Waals surface area contributed by atoms with Gasteiger partial charge in [0, 0.05) is 12.1 Å². The molecule has 18 heavy (non-hydrogen) atoms. The highest BCUT2D eigenvalue weighted by Crippen LogP contribution is 2.28. The minimum atomic E-state index is 0.529. The van der Waals surface area contributed by atoms with Gasteiger partial charge in [-0.1, -0.05) is 51.5 Å². The third kappa shape index (κ3) is 3.14. The Balaban J connectivity index is 2.02. The van der Waals surface area contributed by atoms with Gasteiger partial charge in [-0.3, -0.25) is 0 Å². The zero-order valence-corrected chi connectivity index (χ0v) is 12.1. The van der Waals surface area contributed by atoms with E-state index in [1.54, 1.807) is 0 Å². The zero-order chi connectivity index (χ0) is 13.0. The van der Waals surface area contributed by atoms with Crippen molar-refractivity contribution in [1.82, 2.24) is 5.32 Å². The molecule has 1 aliphatic rings. The standard InChI is InChI=1S/C17H27N/c1-4-14-9-11-15(12-10-14)16(5-2)18-17-8-6-7-13(17)3/h9-13,16-18H,4-8H2,1-3H3. The minimum Gasteiger partial charge on any atom is -0.307 e. The Morgan fingerprint density at radius 3 is 2.39 bits per heavy atom. The van der Waals surface area contributed by atoms with Crippen LogP contribution in [-0.2, 0) is 6.42 Å². The van der Waals surface area contributed by atoms with E-state index in [0.717, 1.165) is 18.4 Å². The van der Waals surface area contributed by atoms with Crippen molar-refractivity contribution in [2.45, 2.75) is 65.0 Å². The van der Waals surface area contributed by atoms with Gasteiger partial charge in [0.2, 0.25) is 0 Å². The van der Waals surface area contributed by atoms with E-state index in [1.807, 2.05) is 0 Å². The summed E-state index contributed by atoms with van der Waals surface area (Å²) in [5, 5.41) is 3.87. The van der Waals surface area contributed by atoms with Crippen LogP contribution in [-0.4, -0.2) is 6.04 Å². The average molecular weight is 245 g/mol. The molecule has 3 atom stereocenters. The van der Waals surface area contributed by atoms with Gasteiger partial charge in [0.25, 0.3) is 0 Å². The fourth-order valence-electron chi connectivity index (χ4n) is 3.09. The molecule has 0 saturated heterocycles. The van der Waals surface area contributed by atoms with E-state index < -0.39 is 0 Å². The summed E-state index contributed by atoms with van der Waals surface area (Å²) in [4.78, 5) is 0. The molecule has 1 fully saturated rings. The summed E-state index contributed by atoms with van der Waals surface area (Å²) < 4.78 is 0. The summed E-state index contributed by atoms with van der Waals surface area (Å²) >= 11 is 0. The Morgan fingerprint density at radius 1 is 1.17 bits per heavy atom. The van der Waals surface area contributed by atoms with Gasteiger partial charge in [0.1, 0.15) is 0 Å². The first-order valence-electron chi connectivity index (χ1n) is 7.59. The van der Waals surface area contributed by atoms with Gasteiger partial charge in [0.15, 0.2) is 0 Å². The molecule has 1 saturated carbocycles. The van der Waals surface area contributed by atoms with Crippen LogP contribution in [0.4, 0.5) is 0 Å². The molecule has 3 unspecified atom stereocenters.